The Balaban J connectivity index is 0. The summed E-state index contributed by atoms with van der Waals surface area (Å²) in [6.07, 6.45) is 10.9. The molecule has 3 N–H and O–H groups in total. The minimum atomic E-state index is -2.87. The highest BCUT2D eigenvalue weighted by atomic mass is 31.1. The van der Waals surface area contributed by atoms with Crippen LogP contribution in [0.5, 0.6) is 0 Å². The first-order valence-corrected chi connectivity index (χ1v) is 7.86. The van der Waals surface area contributed by atoms with E-state index in [1.54, 1.807) is 0 Å². The molecule has 0 aromatic heterocycles. The average molecular weight is 303 g/mol. The number of aliphatic hydroxyl groups is 1. The summed E-state index contributed by atoms with van der Waals surface area (Å²) >= 11 is 0. The van der Waals surface area contributed by atoms with E-state index in [-0.39, 0.29) is 6.61 Å². The Morgan fingerprint density at radius 1 is 0.900 bits per heavy atom. The van der Waals surface area contributed by atoms with Crippen LogP contribution in [-0.4, -0.2) is 21.5 Å². The first-order chi connectivity index (χ1) is 9.29. The summed E-state index contributed by atoms with van der Waals surface area (Å²) < 4.78 is 8.70. The van der Waals surface area contributed by atoms with E-state index in [4.69, 9.17) is 19.5 Å². The fourth-order valence-electron chi connectivity index (χ4n) is 1.49. The number of aliphatic hydroxyl groups excluding tert-OH is 1. The van der Waals surface area contributed by atoms with Crippen molar-refractivity contribution >= 4 is 8.25 Å². The monoisotopic (exact) mass is 303 g/mol. The van der Waals surface area contributed by atoms with Crippen molar-refractivity contribution in [2.45, 2.75) is 53.4 Å². The molecule has 0 amide bonds. The van der Waals surface area contributed by atoms with Crippen molar-refractivity contribution in [1.29, 1.82) is 0 Å². The van der Waals surface area contributed by atoms with E-state index in [9.17, 15) is 0 Å². The maximum atomic E-state index is 8.72. The summed E-state index contributed by atoms with van der Waals surface area (Å²) in [5.74, 6) is 0. The van der Waals surface area contributed by atoms with Gasteiger partial charge >= 0.3 is 8.25 Å². The van der Waals surface area contributed by atoms with Crippen LogP contribution in [0, 0.1) is 0 Å². The lowest BCUT2D eigenvalue weighted by molar-refractivity contribution is 0.341. The normalized spacial score (nSPS) is 11.6. The van der Waals surface area contributed by atoms with Gasteiger partial charge in [0.15, 0.2) is 0 Å². The fraction of sp³-hybridized carbons (Fsp3) is 0.600. The number of hydrogen-bond acceptors (Lipinski definition) is 2. The maximum absolute atomic E-state index is 8.72. The molecule has 0 fully saturated rings. The molecule has 0 spiro atoms. The van der Waals surface area contributed by atoms with Crippen LogP contribution >= 0.6 is 8.25 Å². The van der Waals surface area contributed by atoms with Crippen molar-refractivity contribution in [1.82, 2.24) is 0 Å². The summed E-state index contributed by atoms with van der Waals surface area (Å²) in [4.78, 5) is 14.2. The summed E-state index contributed by atoms with van der Waals surface area (Å²) in [5, 5.41) is 8.72. The van der Waals surface area contributed by atoms with Crippen molar-refractivity contribution in [2.75, 3.05) is 6.61 Å². The van der Waals surface area contributed by atoms with Crippen LogP contribution in [0.3, 0.4) is 0 Å². The van der Waals surface area contributed by atoms with Gasteiger partial charge < -0.3 is 5.11 Å². The van der Waals surface area contributed by atoms with Crippen LogP contribution in [0.25, 0.3) is 0 Å². The maximum Gasteiger partial charge on any atom is 0.692 e. The van der Waals surface area contributed by atoms with Crippen LogP contribution in [0.15, 0.2) is 34.9 Å². The zero-order chi connectivity index (χ0) is 16.0. The Kier molecular flexibility index (Phi) is 15.7. The van der Waals surface area contributed by atoms with E-state index >= 15 is 0 Å². The predicted molar refractivity (Wildman–Crippen MR) is 84.5 cm³/mol. The lowest BCUT2D eigenvalue weighted by Gasteiger charge is -2.00. The quantitative estimate of drug-likeness (QED) is 0.490. The molecule has 0 radical (unpaired) electrons. The molecule has 0 saturated heterocycles. The van der Waals surface area contributed by atoms with Crippen molar-refractivity contribution in [3.8, 4) is 0 Å². The lowest BCUT2D eigenvalue weighted by Crippen LogP contribution is -1.82. The van der Waals surface area contributed by atoms with E-state index in [0.29, 0.717) is 0 Å². The van der Waals surface area contributed by atoms with Gasteiger partial charge in [-0.15, -0.1) is 9.79 Å². The van der Waals surface area contributed by atoms with E-state index in [2.05, 4.69) is 39.8 Å². The van der Waals surface area contributed by atoms with Crippen molar-refractivity contribution < 1.29 is 19.5 Å². The van der Waals surface area contributed by atoms with Gasteiger partial charge in [0.05, 0.1) is 6.61 Å². The zero-order valence-electron chi connectivity index (χ0n) is 13.0. The molecule has 0 aromatic carbocycles. The molecule has 20 heavy (non-hydrogen) atoms. The molecule has 4 nitrogen and oxygen atoms in total. The molecule has 116 valence electrons. The molecule has 0 rings (SSSR count). The molecule has 0 aromatic rings. The van der Waals surface area contributed by atoms with Gasteiger partial charge in [-0.2, -0.15) is 0 Å². The summed E-state index contributed by atoms with van der Waals surface area (Å²) in [7, 11) is -2.87. The van der Waals surface area contributed by atoms with Crippen molar-refractivity contribution in [2.24, 2.45) is 0 Å². The Morgan fingerprint density at radius 2 is 1.30 bits per heavy atom. The second-order valence-electron chi connectivity index (χ2n) is 4.90. The standard InChI is InChI=1S/C15H26O.HO3P/c1-13(2)7-5-8-14(3)9-6-10-15(4)11-12-16;1-4(2)3/h7,9,11,16H,5-6,8,10,12H2,1-4H3;(H-,1,2,3)/p+1/b14-9+,15-11+;. The highest BCUT2D eigenvalue weighted by Crippen LogP contribution is 2.11. The van der Waals surface area contributed by atoms with Crippen molar-refractivity contribution in [3.63, 3.8) is 0 Å². The molecule has 0 bridgehead atoms. The van der Waals surface area contributed by atoms with Crippen molar-refractivity contribution in [3.05, 3.63) is 34.9 Å². The van der Waals surface area contributed by atoms with Gasteiger partial charge in [0.2, 0.25) is 0 Å². The summed E-state index contributed by atoms with van der Waals surface area (Å²) in [5.41, 5.74) is 4.14. The second-order valence-corrected chi connectivity index (χ2v) is 5.40. The molecular weight excluding hydrogens is 275 g/mol. The van der Waals surface area contributed by atoms with E-state index in [1.165, 1.54) is 16.7 Å². The third-order valence-corrected chi connectivity index (χ3v) is 2.56. The molecule has 0 saturated carbocycles. The van der Waals surface area contributed by atoms with Crippen LogP contribution in [0.4, 0.5) is 0 Å². The molecule has 0 aliphatic carbocycles. The van der Waals surface area contributed by atoms with Gasteiger partial charge in [0, 0.05) is 4.57 Å². The number of allylic oxidation sites excluding steroid dienone is 5. The summed E-state index contributed by atoms with van der Waals surface area (Å²) in [6, 6.07) is 0. The summed E-state index contributed by atoms with van der Waals surface area (Å²) in [6.45, 7) is 8.71. The Morgan fingerprint density at radius 3 is 1.70 bits per heavy atom. The van der Waals surface area contributed by atoms with Gasteiger partial charge in [-0.3, -0.25) is 0 Å². The minimum absolute atomic E-state index is 0.162. The molecule has 0 aliphatic rings. The van der Waals surface area contributed by atoms with Gasteiger partial charge in [-0.25, -0.2) is 0 Å². The van der Waals surface area contributed by atoms with E-state index in [1.807, 2.05) is 6.08 Å². The second kappa shape index (κ2) is 14.6. The highest BCUT2D eigenvalue weighted by Gasteiger charge is 1.93. The van der Waals surface area contributed by atoms with Gasteiger partial charge in [-0.1, -0.05) is 34.9 Å². The molecule has 0 aliphatic heterocycles. The predicted octanol–water partition coefficient (Wildman–Crippen LogP) is 4.03. The lowest BCUT2D eigenvalue weighted by atomic mass is 10.1. The average Bonchev–Trinajstić information content (AvgIpc) is 2.28. The van der Waals surface area contributed by atoms with Gasteiger partial charge in [0.1, 0.15) is 0 Å². The SMILES string of the molecule is CC(C)=CCC/C(C)=C/CC/C(C)=C/CO.O=[P+](O)O. The Labute approximate surface area is 123 Å². The molecule has 0 heterocycles. The van der Waals surface area contributed by atoms with Crippen LogP contribution in [0.1, 0.15) is 53.4 Å². The number of rotatable bonds is 7. The van der Waals surface area contributed by atoms with Crippen LogP contribution < -0.4 is 0 Å². The van der Waals surface area contributed by atoms with Gasteiger partial charge in [-0.05, 0) is 53.4 Å². The van der Waals surface area contributed by atoms with E-state index in [0.717, 1.165) is 25.7 Å². The largest absolute Gasteiger partial charge is 0.692 e. The molecular formula is C15H28O4P+. The first-order valence-electron chi connectivity index (χ1n) is 6.70. The third-order valence-electron chi connectivity index (χ3n) is 2.56. The molecule has 0 atom stereocenters. The fourth-order valence-corrected chi connectivity index (χ4v) is 1.49. The smallest absolute Gasteiger partial charge is 0.392 e. The Hall–Kier alpha value is -0.800. The number of hydrogen-bond donors (Lipinski definition) is 3. The Bertz CT molecular complexity index is 349. The third kappa shape index (κ3) is 22.4. The van der Waals surface area contributed by atoms with Gasteiger partial charge in [0.25, 0.3) is 0 Å². The highest BCUT2D eigenvalue weighted by molar-refractivity contribution is 7.30. The van der Waals surface area contributed by atoms with Crippen LogP contribution in [-0.2, 0) is 4.57 Å². The first kappa shape index (κ1) is 21.5. The minimum Gasteiger partial charge on any atom is -0.392 e. The molecule has 0 unspecified atom stereocenters. The van der Waals surface area contributed by atoms with E-state index < -0.39 is 8.25 Å². The topological polar surface area (TPSA) is 77.8 Å². The van der Waals surface area contributed by atoms with Crippen LogP contribution in [0.2, 0.25) is 0 Å². The zero-order valence-corrected chi connectivity index (χ0v) is 13.9. The molecule has 5 heteroatoms.